The van der Waals surface area contributed by atoms with Gasteiger partial charge in [0, 0.05) is 34.7 Å². The van der Waals surface area contributed by atoms with Gasteiger partial charge in [-0.2, -0.15) is 0 Å². The van der Waals surface area contributed by atoms with E-state index < -0.39 is 0 Å². The van der Waals surface area contributed by atoms with Crippen LogP contribution in [0.15, 0.2) is 34.9 Å². The van der Waals surface area contributed by atoms with Crippen molar-refractivity contribution in [2.75, 3.05) is 13.1 Å². The van der Waals surface area contributed by atoms with Gasteiger partial charge in [0.1, 0.15) is 0 Å². The predicted octanol–water partition coefficient (Wildman–Crippen LogP) is 3.01. The van der Waals surface area contributed by atoms with Crippen LogP contribution >= 0.6 is 15.9 Å². The van der Waals surface area contributed by atoms with Gasteiger partial charge in [-0.15, -0.1) is 0 Å². The predicted molar refractivity (Wildman–Crippen MR) is 68.2 cm³/mol. The number of fused-ring (bicyclic) bond motifs is 1. The molecule has 15 heavy (non-hydrogen) atoms. The molecule has 0 radical (unpaired) electrons. The molecule has 1 N–H and O–H groups in total. The van der Waals surface area contributed by atoms with Crippen molar-refractivity contribution in [3.63, 3.8) is 0 Å². The maximum absolute atomic E-state index is 3.48. The van der Waals surface area contributed by atoms with E-state index in [1.165, 1.54) is 10.9 Å². The first-order chi connectivity index (χ1) is 7.31. The molecule has 1 heterocycles. The van der Waals surface area contributed by atoms with E-state index in [2.05, 4.69) is 63.2 Å². The monoisotopic (exact) mass is 266 g/mol. The quantitative estimate of drug-likeness (QED) is 0.842. The topological polar surface area (TPSA) is 17.0 Å². The fourth-order valence-electron chi connectivity index (χ4n) is 1.74. The van der Waals surface area contributed by atoms with Crippen LogP contribution < -0.4 is 5.32 Å². The minimum atomic E-state index is 1.02. The Bertz CT molecular complexity index is 448. The highest BCUT2D eigenvalue weighted by Crippen LogP contribution is 2.20. The zero-order valence-electron chi connectivity index (χ0n) is 8.83. The highest BCUT2D eigenvalue weighted by molar-refractivity contribution is 9.10. The maximum atomic E-state index is 3.48. The van der Waals surface area contributed by atoms with E-state index in [-0.39, 0.29) is 0 Å². The summed E-state index contributed by atoms with van der Waals surface area (Å²) in [6.07, 6.45) is 2.15. The molecule has 0 spiro atoms. The zero-order valence-corrected chi connectivity index (χ0v) is 10.4. The number of nitrogens with one attached hydrogen (secondary N) is 1. The van der Waals surface area contributed by atoms with Crippen LogP contribution in [0.3, 0.4) is 0 Å². The first-order valence-corrected chi connectivity index (χ1v) is 6.05. The Morgan fingerprint density at radius 1 is 1.33 bits per heavy atom. The summed E-state index contributed by atoms with van der Waals surface area (Å²) < 4.78 is 3.42. The van der Waals surface area contributed by atoms with Crippen LogP contribution in [0.25, 0.3) is 10.9 Å². The van der Waals surface area contributed by atoms with Crippen LogP contribution in [-0.4, -0.2) is 17.7 Å². The summed E-state index contributed by atoms with van der Waals surface area (Å²) in [5.74, 6) is 0. The molecule has 0 saturated heterocycles. The first-order valence-electron chi connectivity index (χ1n) is 5.26. The maximum Gasteiger partial charge on any atom is 0.0481 e. The number of rotatable bonds is 4. The molecule has 2 aromatic rings. The molecule has 0 aliphatic carbocycles. The average Bonchev–Trinajstić information content (AvgIpc) is 2.61. The van der Waals surface area contributed by atoms with Crippen LogP contribution in [0.1, 0.15) is 6.92 Å². The van der Waals surface area contributed by atoms with Crippen molar-refractivity contribution in [1.29, 1.82) is 0 Å². The Morgan fingerprint density at radius 2 is 2.20 bits per heavy atom. The van der Waals surface area contributed by atoms with E-state index >= 15 is 0 Å². The van der Waals surface area contributed by atoms with Gasteiger partial charge in [0.05, 0.1) is 0 Å². The molecule has 0 aliphatic heterocycles. The van der Waals surface area contributed by atoms with Crippen molar-refractivity contribution in [2.45, 2.75) is 13.5 Å². The van der Waals surface area contributed by atoms with Gasteiger partial charge in [-0.1, -0.05) is 22.9 Å². The number of likely N-dealkylation sites (N-methyl/N-ethyl adjacent to an activating group) is 1. The average molecular weight is 267 g/mol. The van der Waals surface area contributed by atoms with E-state index in [0.717, 1.165) is 24.1 Å². The Kier molecular flexibility index (Phi) is 3.44. The van der Waals surface area contributed by atoms with Crippen LogP contribution in [0.5, 0.6) is 0 Å². The molecular weight excluding hydrogens is 252 g/mol. The third-order valence-corrected chi connectivity index (χ3v) is 3.01. The third kappa shape index (κ3) is 2.41. The van der Waals surface area contributed by atoms with E-state index in [9.17, 15) is 0 Å². The SMILES string of the molecule is CCNCCn1ccc2cc(Br)ccc21. The van der Waals surface area contributed by atoms with Crippen molar-refractivity contribution in [2.24, 2.45) is 0 Å². The normalized spacial score (nSPS) is 11.1. The van der Waals surface area contributed by atoms with Crippen molar-refractivity contribution in [3.8, 4) is 0 Å². The molecule has 1 aromatic carbocycles. The highest BCUT2D eigenvalue weighted by atomic mass is 79.9. The second kappa shape index (κ2) is 4.81. The first kappa shape index (κ1) is 10.7. The second-order valence-corrected chi connectivity index (χ2v) is 4.48. The third-order valence-electron chi connectivity index (χ3n) is 2.51. The van der Waals surface area contributed by atoms with Gasteiger partial charge in [-0.3, -0.25) is 0 Å². The lowest BCUT2D eigenvalue weighted by atomic mass is 10.2. The minimum Gasteiger partial charge on any atom is -0.346 e. The number of nitrogens with zero attached hydrogens (tertiary/aromatic N) is 1. The molecular formula is C12H15BrN2. The van der Waals surface area contributed by atoms with Gasteiger partial charge in [0.2, 0.25) is 0 Å². The van der Waals surface area contributed by atoms with Crippen LogP contribution in [0.4, 0.5) is 0 Å². The molecule has 0 fully saturated rings. The Labute approximate surface area is 98.4 Å². The molecule has 2 rings (SSSR count). The molecule has 80 valence electrons. The van der Waals surface area contributed by atoms with Gasteiger partial charge in [0.15, 0.2) is 0 Å². The summed E-state index contributed by atoms with van der Waals surface area (Å²) in [5.41, 5.74) is 1.30. The van der Waals surface area contributed by atoms with E-state index in [1.54, 1.807) is 0 Å². The summed E-state index contributed by atoms with van der Waals surface area (Å²) >= 11 is 3.48. The van der Waals surface area contributed by atoms with Gasteiger partial charge in [-0.25, -0.2) is 0 Å². The molecule has 0 aliphatic rings. The fraction of sp³-hybridized carbons (Fsp3) is 0.333. The molecule has 0 atom stereocenters. The summed E-state index contributed by atoms with van der Waals surface area (Å²) in [4.78, 5) is 0. The lowest BCUT2D eigenvalue weighted by Gasteiger charge is -2.05. The zero-order chi connectivity index (χ0) is 10.7. The molecule has 1 aromatic heterocycles. The summed E-state index contributed by atoms with van der Waals surface area (Å²) in [6.45, 7) is 5.21. The standard InChI is InChI=1S/C12H15BrN2/c1-2-14-6-8-15-7-5-10-9-11(13)3-4-12(10)15/h3-5,7,9,14H,2,6,8H2,1H3. The number of benzene rings is 1. The van der Waals surface area contributed by atoms with E-state index in [1.807, 2.05) is 0 Å². The largest absolute Gasteiger partial charge is 0.346 e. The molecule has 0 amide bonds. The van der Waals surface area contributed by atoms with Crippen LogP contribution in [-0.2, 0) is 6.54 Å². The Hall–Kier alpha value is -0.800. The molecule has 2 nitrogen and oxygen atoms in total. The Balaban J connectivity index is 2.21. The van der Waals surface area contributed by atoms with Crippen LogP contribution in [0, 0.1) is 0 Å². The second-order valence-electron chi connectivity index (χ2n) is 3.57. The Morgan fingerprint density at radius 3 is 3.00 bits per heavy atom. The van der Waals surface area contributed by atoms with Crippen molar-refractivity contribution in [3.05, 3.63) is 34.9 Å². The molecule has 0 bridgehead atoms. The molecule has 3 heteroatoms. The fourth-order valence-corrected chi connectivity index (χ4v) is 2.12. The lowest BCUT2D eigenvalue weighted by molar-refractivity contribution is 0.627. The van der Waals surface area contributed by atoms with E-state index in [4.69, 9.17) is 0 Å². The van der Waals surface area contributed by atoms with E-state index in [0.29, 0.717) is 0 Å². The number of hydrogen-bond acceptors (Lipinski definition) is 1. The summed E-state index contributed by atoms with van der Waals surface area (Å²) in [5, 5.41) is 4.62. The van der Waals surface area contributed by atoms with Crippen molar-refractivity contribution < 1.29 is 0 Å². The van der Waals surface area contributed by atoms with Gasteiger partial charge in [0.25, 0.3) is 0 Å². The highest BCUT2D eigenvalue weighted by Gasteiger charge is 2.00. The molecule has 0 unspecified atom stereocenters. The van der Waals surface area contributed by atoms with Gasteiger partial charge < -0.3 is 9.88 Å². The van der Waals surface area contributed by atoms with Gasteiger partial charge in [-0.05, 0) is 30.8 Å². The lowest BCUT2D eigenvalue weighted by Crippen LogP contribution is -2.18. The van der Waals surface area contributed by atoms with Gasteiger partial charge >= 0.3 is 0 Å². The number of halogens is 1. The number of hydrogen-bond donors (Lipinski definition) is 1. The summed E-state index contributed by atoms with van der Waals surface area (Å²) in [6, 6.07) is 8.56. The van der Waals surface area contributed by atoms with Crippen LogP contribution in [0.2, 0.25) is 0 Å². The van der Waals surface area contributed by atoms with Crippen molar-refractivity contribution in [1.82, 2.24) is 9.88 Å². The minimum absolute atomic E-state index is 1.02. The molecule has 0 saturated carbocycles. The summed E-state index contributed by atoms with van der Waals surface area (Å²) in [7, 11) is 0. The number of aromatic nitrogens is 1. The van der Waals surface area contributed by atoms with Crippen molar-refractivity contribution >= 4 is 26.8 Å². The smallest absolute Gasteiger partial charge is 0.0481 e.